The lowest BCUT2D eigenvalue weighted by Crippen LogP contribution is -1.89. The lowest BCUT2D eigenvalue weighted by molar-refractivity contribution is 0.265. The maximum absolute atomic E-state index is 4.97. The van der Waals surface area contributed by atoms with Crippen LogP contribution in [0.3, 0.4) is 0 Å². The summed E-state index contributed by atoms with van der Waals surface area (Å²) in [6.07, 6.45) is 7.11. The molecule has 1 aromatic rings. The van der Waals surface area contributed by atoms with Gasteiger partial charge in [0.1, 0.15) is 12.7 Å². The van der Waals surface area contributed by atoms with E-state index in [0.29, 0.717) is 6.61 Å². The fourth-order valence-corrected chi connectivity index (χ4v) is 1.19. The minimum atomic E-state index is 0.266. The molecule has 1 atom stereocenters. The molecule has 0 aliphatic heterocycles. The van der Waals surface area contributed by atoms with Crippen LogP contribution in [0, 0.1) is 12.5 Å². The average molecular weight is 192 g/mol. The Morgan fingerprint density at radius 3 is 2.54 bits per heavy atom. The van der Waals surface area contributed by atoms with Crippen molar-refractivity contribution in [3.05, 3.63) is 35.4 Å². The Bertz CT molecular complexity index is 295. The van der Waals surface area contributed by atoms with Crippen LogP contribution >= 0.6 is 12.6 Å². The molecule has 0 aromatic heterocycles. The Morgan fingerprint density at radius 2 is 2.08 bits per heavy atom. The van der Waals surface area contributed by atoms with Crippen LogP contribution in [0.2, 0.25) is 0 Å². The van der Waals surface area contributed by atoms with Crippen LogP contribution in [0.4, 0.5) is 0 Å². The smallest absolute Gasteiger partial charge is 0.125 e. The number of benzene rings is 1. The van der Waals surface area contributed by atoms with E-state index in [0.717, 1.165) is 5.56 Å². The van der Waals surface area contributed by atoms with E-state index in [4.69, 9.17) is 11.2 Å². The highest BCUT2D eigenvalue weighted by Gasteiger charge is 1.98. The molecule has 2 heteroatoms. The molecule has 1 nitrogen and oxygen atoms in total. The zero-order chi connectivity index (χ0) is 9.68. The van der Waals surface area contributed by atoms with Gasteiger partial charge < -0.3 is 4.74 Å². The van der Waals surface area contributed by atoms with E-state index in [1.165, 1.54) is 5.56 Å². The van der Waals surface area contributed by atoms with Crippen molar-refractivity contribution >= 4 is 12.6 Å². The standard InChI is InChI=1S/C11H12OS/c1-3-12-8-10-4-6-11(7-5-10)9(2)13/h1,4-7,9,13H,8H2,2H3. The van der Waals surface area contributed by atoms with Crippen LogP contribution in [-0.2, 0) is 11.3 Å². The number of ether oxygens (including phenoxy) is 1. The van der Waals surface area contributed by atoms with Gasteiger partial charge in [-0.2, -0.15) is 12.6 Å². The van der Waals surface area contributed by atoms with E-state index in [-0.39, 0.29) is 5.25 Å². The number of thiol groups is 1. The predicted molar refractivity (Wildman–Crippen MR) is 57.5 cm³/mol. The SMILES string of the molecule is C#COCc1ccc(C(C)S)cc1. The van der Waals surface area contributed by atoms with Crippen molar-refractivity contribution in [2.45, 2.75) is 18.8 Å². The van der Waals surface area contributed by atoms with E-state index in [2.05, 4.69) is 18.7 Å². The summed E-state index contributed by atoms with van der Waals surface area (Å²) in [4.78, 5) is 0. The summed E-state index contributed by atoms with van der Waals surface area (Å²) in [5.74, 6) is 0. The van der Waals surface area contributed by atoms with Gasteiger partial charge in [0.15, 0.2) is 0 Å². The van der Waals surface area contributed by atoms with Crippen molar-refractivity contribution in [2.75, 3.05) is 0 Å². The summed E-state index contributed by atoms with van der Waals surface area (Å²) >= 11 is 4.33. The van der Waals surface area contributed by atoms with E-state index < -0.39 is 0 Å². The van der Waals surface area contributed by atoms with Gasteiger partial charge in [-0.05, 0) is 18.1 Å². The lowest BCUT2D eigenvalue weighted by atomic mass is 10.1. The van der Waals surface area contributed by atoms with E-state index in [1.54, 1.807) is 0 Å². The normalized spacial score (nSPS) is 11.8. The average Bonchev–Trinajstić information content (AvgIpc) is 2.15. The Hall–Kier alpha value is -1.07. The maximum Gasteiger partial charge on any atom is 0.125 e. The van der Waals surface area contributed by atoms with E-state index in [1.807, 2.05) is 31.2 Å². The highest BCUT2D eigenvalue weighted by atomic mass is 32.1. The maximum atomic E-state index is 4.97. The van der Waals surface area contributed by atoms with Crippen molar-refractivity contribution in [2.24, 2.45) is 0 Å². The topological polar surface area (TPSA) is 9.23 Å². The molecule has 0 aliphatic carbocycles. The molecule has 68 valence electrons. The fraction of sp³-hybridized carbons (Fsp3) is 0.273. The van der Waals surface area contributed by atoms with Gasteiger partial charge in [0.2, 0.25) is 0 Å². The van der Waals surface area contributed by atoms with E-state index in [9.17, 15) is 0 Å². The first-order valence-electron chi connectivity index (χ1n) is 4.08. The second-order valence-electron chi connectivity index (χ2n) is 2.82. The monoisotopic (exact) mass is 192 g/mol. The van der Waals surface area contributed by atoms with Crippen LogP contribution in [0.5, 0.6) is 0 Å². The predicted octanol–water partition coefficient (Wildman–Crippen LogP) is 2.78. The van der Waals surface area contributed by atoms with Crippen molar-refractivity contribution < 1.29 is 4.74 Å². The number of hydrogen-bond donors (Lipinski definition) is 1. The Kier molecular flexibility index (Phi) is 3.72. The molecule has 0 fully saturated rings. The molecule has 1 unspecified atom stereocenters. The molecule has 0 amide bonds. The molecule has 0 saturated heterocycles. The Balaban J connectivity index is 2.65. The summed E-state index contributed by atoms with van der Waals surface area (Å²) in [5.41, 5.74) is 2.28. The second-order valence-corrected chi connectivity index (χ2v) is 3.60. The molecule has 0 heterocycles. The van der Waals surface area contributed by atoms with Crippen LogP contribution in [-0.4, -0.2) is 0 Å². The molecule has 1 rings (SSSR count). The third-order valence-electron chi connectivity index (χ3n) is 1.78. The number of hydrogen-bond acceptors (Lipinski definition) is 2. The molecule has 0 aliphatic rings. The quantitative estimate of drug-likeness (QED) is 0.572. The summed E-state index contributed by atoms with van der Waals surface area (Å²) in [7, 11) is 0. The molecule has 0 N–H and O–H groups in total. The summed E-state index contributed by atoms with van der Waals surface area (Å²) in [6.45, 7) is 2.51. The molecule has 13 heavy (non-hydrogen) atoms. The van der Waals surface area contributed by atoms with Gasteiger partial charge >= 0.3 is 0 Å². The first-order valence-corrected chi connectivity index (χ1v) is 4.60. The Labute approximate surface area is 84.5 Å². The van der Waals surface area contributed by atoms with Gasteiger partial charge in [-0.1, -0.05) is 30.7 Å². The number of terminal acetylenes is 1. The number of rotatable bonds is 3. The zero-order valence-electron chi connectivity index (χ0n) is 7.53. The first-order chi connectivity index (χ1) is 6.24. The van der Waals surface area contributed by atoms with Crippen molar-refractivity contribution in [1.82, 2.24) is 0 Å². The van der Waals surface area contributed by atoms with Gasteiger partial charge in [0, 0.05) is 5.25 Å². The first kappa shape index (κ1) is 10.0. The minimum Gasteiger partial charge on any atom is -0.442 e. The van der Waals surface area contributed by atoms with Gasteiger partial charge in [0.05, 0.1) is 0 Å². The molecular formula is C11H12OS. The minimum absolute atomic E-state index is 0.266. The van der Waals surface area contributed by atoms with Crippen molar-refractivity contribution in [3.8, 4) is 12.5 Å². The summed E-state index contributed by atoms with van der Waals surface area (Å²) in [5, 5.41) is 0.266. The van der Waals surface area contributed by atoms with Crippen molar-refractivity contribution in [1.29, 1.82) is 0 Å². The van der Waals surface area contributed by atoms with Gasteiger partial charge in [-0.25, -0.2) is 0 Å². The van der Waals surface area contributed by atoms with Gasteiger partial charge in [0.25, 0.3) is 0 Å². The second kappa shape index (κ2) is 4.84. The van der Waals surface area contributed by atoms with Crippen LogP contribution in [0.1, 0.15) is 23.3 Å². The molecule has 0 radical (unpaired) electrons. The molecule has 0 saturated carbocycles. The summed E-state index contributed by atoms with van der Waals surface area (Å²) < 4.78 is 4.83. The molecule has 1 aromatic carbocycles. The molecular weight excluding hydrogens is 180 g/mol. The molecule has 0 spiro atoms. The van der Waals surface area contributed by atoms with Crippen LogP contribution < -0.4 is 0 Å². The highest BCUT2D eigenvalue weighted by Crippen LogP contribution is 2.18. The Morgan fingerprint density at radius 1 is 1.46 bits per heavy atom. The summed E-state index contributed by atoms with van der Waals surface area (Å²) in [6, 6.07) is 8.07. The third kappa shape index (κ3) is 3.04. The largest absolute Gasteiger partial charge is 0.442 e. The van der Waals surface area contributed by atoms with Crippen LogP contribution in [0.15, 0.2) is 24.3 Å². The van der Waals surface area contributed by atoms with E-state index >= 15 is 0 Å². The van der Waals surface area contributed by atoms with Crippen LogP contribution in [0.25, 0.3) is 0 Å². The highest BCUT2D eigenvalue weighted by molar-refractivity contribution is 7.80. The van der Waals surface area contributed by atoms with Crippen molar-refractivity contribution in [3.63, 3.8) is 0 Å². The third-order valence-corrected chi connectivity index (χ3v) is 2.08. The van der Waals surface area contributed by atoms with Gasteiger partial charge in [-0.15, -0.1) is 0 Å². The zero-order valence-corrected chi connectivity index (χ0v) is 8.42. The molecule has 0 bridgehead atoms. The van der Waals surface area contributed by atoms with Gasteiger partial charge in [-0.3, -0.25) is 0 Å². The fourth-order valence-electron chi connectivity index (χ4n) is 1.02. The lowest BCUT2D eigenvalue weighted by Gasteiger charge is -2.05.